The van der Waals surface area contributed by atoms with Crippen molar-refractivity contribution in [1.29, 1.82) is 0 Å². The second kappa shape index (κ2) is 5.35. The van der Waals surface area contributed by atoms with Gasteiger partial charge in [0.25, 0.3) is 0 Å². The molecule has 0 aliphatic rings. The molecule has 3 heteroatoms. The highest BCUT2D eigenvalue weighted by molar-refractivity contribution is 5.37. The summed E-state index contributed by atoms with van der Waals surface area (Å²) < 4.78 is 0. The van der Waals surface area contributed by atoms with Gasteiger partial charge < -0.3 is 5.32 Å². The molecule has 0 aromatic carbocycles. The maximum Gasteiger partial charge on any atom is 0.130 e. The molecule has 1 aromatic rings. The molecule has 0 saturated heterocycles. The Balaban J connectivity index is 2.75. The number of nitrogens with zero attached hydrogens (tertiary/aromatic N) is 2. The molecule has 15 heavy (non-hydrogen) atoms. The maximum absolute atomic E-state index is 5.30. The van der Waals surface area contributed by atoms with Gasteiger partial charge in [-0.3, -0.25) is 0 Å². The number of aromatic nitrogens is 2. The quantitative estimate of drug-likeness (QED) is 0.763. The number of hydrogen-bond acceptors (Lipinski definition) is 3. The molecular weight excluding hydrogens is 186 g/mol. The van der Waals surface area contributed by atoms with E-state index in [1.54, 1.807) is 0 Å². The van der Waals surface area contributed by atoms with Gasteiger partial charge in [-0.25, -0.2) is 9.97 Å². The molecule has 0 saturated carbocycles. The first-order valence-electron chi connectivity index (χ1n) is 5.18. The van der Waals surface area contributed by atoms with Crippen molar-refractivity contribution < 1.29 is 0 Å². The largest absolute Gasteiger partial charge is 0.366 e. The third-order valence-corrected chi connectivity index (χ3v) is 2.18. The number of rotatable bonds is 4. The minimum absolute atomic E-state index is 0.295. The van der Waals surface area contributed by atoms with Crippen LogP contribution in [0.5, 0.6) is 0 Å². The van der Waals surface area contributed by atoms with Crippen LogP contribution in [0, 0.1) is 26.2 Å². The molecule has 1 atom stereocenters. The molecule has 3 nitrogen and oxygen atoms in total. The van der Waals surface area contributed by atoms with Crippen molar-refractivity contribution in [1.82, 2.24) is 9.97 Å². The minimum atomic E-state index is 0.295. The van der Waals surface area contributed by atoms with Gasteiger partial charge >= 0.3 is 0 Å². The average molecular weight is 203 g/mol. The van der Waals surface area contributed by atoms with Gasteiger partial charge in [-0.05, 0) is 20.3 Å². The summed E-state index contributed by atoms with van der Waals surface area (Å²) >= 11 is 0. The number of terminal acetylenes is 1. The van der Waals surface area contributed by atoms with Crippen LogP contribution in [0.4, 0.5) is 5.82 Å². The number of anilines is 1. The fourth-order valence-corrected chi connectivity index (χ4v) is 1.44. The fraction of sp³-hybridized carbons (Fsp3) is 0.500. The first-order valence-corrected chi connectivity index (χ1v) is 5.18. The predicted molar refractivity (Wildman–Crippen MR) is 62.7 cm³/mol. The Morgan fingerprint density at radius 3 is 2.73 bits per heavy atom. The van der Waals surface area contributed by atoms with Crippen LogP contribution in [-0.4, -0.2) is 16.0 Å². The van der Waals surface area contributed by atoms with E-state index < -0.39 is 0 Å². The lowest BCUT2D eigenvalue weighted by molar-refractivity contribution is 0.710. The third-order valence-electron chi connectivity index (χ3n) is 2.18. The fourth-order valence-electron chi connectivity index (χ4n) is 1.44. The summed E-state index contributed by atoms with van der Waals surface area (Å²) in [6, 6.07) is 2.23. The van der Waals surface area contributed by atoms with Crippen LogP contribution in [0.2, 0.25) is 0 Å². The molecule has 0 radical (unpaired) electrons. The topological polar surface area (TPSA) is 37.8 Å². The van der Waals surface area contributed by atoms with Gasteiger partial charge in [0.05, 0.1) is 0 Å². The van der Waals surface area contributed by atoms with Gasteiger partial charge in [0.2, 0.25) is 0 Å². The molecule has 80 valence electrons. The lowest BCUT2D eigenvalue weighted by Gasteiger charge is -2.15. The van der Waals surface area contributed by atoms with Crippen molar-refractivity contribution in [3.63, 3.8) is 0 Å². The smallest absolute Gasteiger partial charge is 0.130 e. The summed E-state index contributed by atoms with van der Waals surface area (Å²) in [6.07, 6.45) is 7.01. The number of aryl methyl sites for hydroxylation is 2. The molecule has 1 N–H and O–H groups in total. The Hall–Kier alpha value is -1.56. The van der Waals surface area contributed by atoms with Crippen LogP contribution >= 0.6 is 0 Å². The predicted octanol–water partition coefficient (Wildman–Crippen LogP) is 2.31. The Kier molecular flexibility index (Phi) is 4.11. The van der Waals surface area contributed by atoms with Crippen LogP contribution in [-0.2, 0) is 0 Å². The summed E-state index contributed by atoms with van der Waals surface area (Å²) in [5.74, 6) is 4.31. The van der Waals surface area contributed by atoms with Crippen LogP contribution in [0.25, 0.3) is 0 Å². The molecule has 0 fully saturated rings. The highest BCUT2D eigenvalue weighted by Gasteiger charge is 2.05. The van der Waals surface area contributed by atoms with E-state index in [2.05, 4.69) is 28.1 Å². The zero-order valence-corrected chi connectivity index (χ0v) is 9.54. The highest BCUT2D eigenvalue weighted by Crippen LogP contribution is 2.10. The number of hydrogen-bond donors (Lipinski definition) is 1. The van der Waals surface area contributed by atoms with Crippen molar-refractivity contribution in [3.05, 3.63) is 17.6 Å². The summed E-state index contributed by atoms with van der Waals surface area (Å²) in [5, 5.41) is 3.32. The summed E-state index contributed by atoms with van der Waals surface area (Å²) in [6.45, 7) is 5.96. The van der Waals surface area contributed by atoms with Gasteiger partial charge in [0.1, 0.15) is 11.6 Å². The van der Waals surface area contributed by atoms with E-state index in [1.807, 2.05) is 19.9 Å². The van der Waals surface area contributed by atoms with E-state index in [4.69, 9.17) is 6.42 Å². The third kappa shape index (κ3) is 3.59. The Morgan fingerprint density at radius 1 is 1.47 bits per heavy atom. The molecular formula is C12H17N3. The number of nitrogens with one attached hydrogen (secondary N) is 1. The Bertz CT molecular complexity index is 345. The molecule has 0 spiro atoms. The molecule has 1 unspecified atom stereocenters. The van der Waals surface area contributed by atoms with Gasteiger partial charge in [-0.15, -0.1) is 12.3 Å². The van der Waals surface area contributed by atoms with Crippen molar-refractivity contribution in [2.24, 2.45) is 0 Å². The lowest BCUT2D eigenvalue weighted by Crippen LogP contribution is -2.18. The van der Waals surface area contributed by atoms with Crippen molar-refractivity contribution in [3.8, 4) is 12.3 Å². The van der Waals surface area contributed by atoms with E-state index in [9.17, 15) is 0 Å². The van der Waals surface area contributed by atoms with E-state index in [0.29, 0.717) is 6.04 Å². The average Bonchev–Trinajstić information content (AvgIpc) is 2.15. The zero-order chi connectivity index (χ0) is 11.3. The Labute approximate surface area is 91.3 Å². The maximum atomic E-state index is 5.30. The van der Waals surface area contributed by atoms with E-state index in [1.165, 1.54) is 0 Å². The van der Waals surface area contributed by atoms with E-state index in [-0.39, 0.29) is 0 Å². The van der Waals surface area contributed by atoms with Gasteiger partial charge in [-0.1, -0.05) is 6.92 Å². The molecule has 0 bridgehead atoms. The lowest BCUT2D eigenvalue weighted by atomic mass is 10.1. The minimum Gasteiger partial charge on any atom is -0.366 e. The molecule has 1 aromatic heterocycles. The normalized spacial score (nSPS) is 11.9. The first kappa shape index (κ1) is 11.5. The Morgan fingerprint density at radius 2 is 2.20 bits per heavy atom. The molecule has 1 rings (SSSR count). The van der Waals surface area contributed by atoms with Crippen LogP contribution < -0.4 is 5.32 Å². The van der Waals surface area contributed by atoms with Gasteiger partial charge in [0, 0.05) is 24.2 Å². The second-order valence-corrected chi connectivity index (χ2v) is 3.60. The standard InChI is InChI=1S/C12H17N3/c1-5-7-11(6-2)15-12-8-9(3)13-10(4)14-12/h1,8,11H,6-7H2,2-4H3,(H,13,14,15). The molecule has 0 aliphatic heterocycles. The zero-order valence-electron chi connectivity index (χ0n) is 9.54. The van der Waals surface area contributed by atoms with Crippen molar-refractivity contribution >= 4 is 5.82 Å². The van der Waals surface area contributed by atoms with Crippen LogP contribution in [0.3, 0.4) is 0 Å². The monoisotopic (exact) mass is 203 g/mol. The highest BCUT2D eigenvalue weighted by atomic mass is 15.0. The van der Waals surface area contributed by atoms with Gasteiger partial charge in [-0.2, -0.15) is 0 Å². The molecule has 0 aliphatic carbocycles. The van der Waals surface area contributed by atoms with Crippen LogP contribution in [0.1, 0.15) is 31.3 Å². The van der Waals surface area contributed by atoms with Gasteiger partial charge in [0.15, 0.2) is 0 Å². The molecule has 0 amide bonds. The van der Waals surface area contributed by atoms with E-state index in [0.717, 1.165) is 30.2 Å². The second-order valence-electron chi connectivity index (χ2n) is 3.60. The van der Waals surface area contributed by atoms with Crippen molar-refractivity contribution in [2.75, 3.05) is 5.32 Å². The summed E-state index contributed by atoms with van der Waals surface area (Å²) in [5.41, 5.74) is 0.973. The van der Waals surface area contributed by atoms with Crippen LogP contribution in [0.15, 0.2) is 6.07 Å². The SMILES string of the molecule is C#CCC(CC)Nc1cc(C)nc(C)n1. The summed E-state index contributed by atoms with van der Waals surface area (Å²) in [7, 11) is 0. The van der Waals surface area contributed by atoms with Crippen molar-refractivity contribution in [2.45, 2.75) is 39.7 Å². The van der Waals surface area contributed by atoms with E-state index >= 15 is 0 Å². The molecule has 1 heterocycles. The summed E-state index contributed by atoms with van der Waals surface area (Å²) in [4.78, 5) is 8.54. The first-order chi connectivity index (χ1) is 7.15.